The van der Waals surface area contributed by atoms with E-state index in [0.29, 0.717) is 31.7 Å². The molecular formula is C27H31N3O3S. The summed E-state index contributed by atoms with van der Waals surface area (Å²) >= 11 is 0. The van der Waals surface area contributed by atoms with Gasteiger partial charge in [-0.1, -0.05) is 56.3 Å². The third kappa shape index (κ3) is 5.00. The molecule has 3 aromatic carbocycles. The quantitative estimate of drug-likeness (QED) is 0.549. The molecule has 1 aliphatic heterocycles. The maximum Gasteiger partial charge on any atom is 0.255 e. The summed E-state index contributed by atoms with van der Waals surface area (Å²) in [6.45, 7) is 8.15. The molecule has 3 aromatic rings. The monoisotopic (exact) mass is 477 g/mol. The number of nitrogens with one attached hydrogen (secondary N) is 1. The number of carbonyl (C=O) groups is 1. The van der Waals surface area contributed by atoms with Crippen molar-refractivity contribution < 1.29 is 13.2 Å². The van der Waals surface area contributed by atoms with Crippen molar-refractivity contribution in [1.82, 2.24) is 4.31 Å². The summed E-state index contributed by atoms with van der Waals surface area (Å²) in [4.78, 5) is 15.4. The fourth-order valence-electron chi connectivity index (χ4n) is 4.30. The fourth-order valence-corrected chi connectivity index (χ4v) is 5.77. The number of benzene rings is 3. The van der Waals surface area contributed by atoms with Crippen LogP contribution in [0.3, 0.4) is 0 Å². The van der Waals surface area contributed by atoms with E-state index >= 15 is 0 Å². The van der Waals surface area contributed by atoms with Gasteiger partial charge in [0.05, 0.1) is 4.90 Å². The Labute approximate surface area is 202 Å². The van der Waals surface area contributed by atoms with Crippen LogP contribution in [-0.4, -0.2) is 44.8 Å². The SMILES string of the molecule is Cc1cccc(C(C)C)c1NC(=O)c1cccc(S(=O)(=O)N2CCN(c3ccccc3)CC2)c1. The van der Waals surface area contributed by atoms with Crippen LogP contribution in [0.2, 0.25) is 0 Å². The third-order valence-electron chi connectivity index (χ3n) is 6.26. The van der Waals surface area contributed by atoms with Gasteiger partial charge in [-0.2, -0.15) is 4.31 Å². The smallest absolute Gasteiger partial charge is 0.255 e. The van der Waals surface area contributed by atoms with E-state index in [9.17, 15) is 13.2 Å². The van der Waals surface area contributed by atoms with Crippen molar-refractivity contribution in [2.24, 2.45) is 0 Å². The van der Waals surface area contributed by atoms with Crippen LogP contribution < -0.4 is 10.2 Å². The van der Waals surface area contributed by atoms with Crippen LogP contribution in [-0.2, 0) is 10.0 Å². The molecule has 0 saturated carbocycles. The standard InChI is InChI=1S/C27H31N3O3S/c1-20(2)25-14-7-9-21(3)26(25)28-27(31)22-10-8-13-24(19-22)34(32,33)30-17-15-29(16-18-30)23-11-5-4-6-12-23/h4-14,19-20H,15-18H2,1-3H3,(H,28,31). The molecule has 0 atom stereocenters. The highest BCUT2D eigenvalue weighted by atomic mass is 32.2. The molecule has 178 valence electrons. The fraction of sp³-hybridized carbons (Fsp3) is 0.296. The van der Waals surface area contributed by atoms with E-state index in [1.165, 1.54) is 10.4 Å². The molecule has 1 heterocycles. The van der Waals surface area contributed by atoms with E-state index in [4.69, 9.17) is 0 Å². The summed E-state index contributed by atoms with van der Waals surface area (Å²) in [5.74, 6) is -0.0707. The molecule has 1 N–H and O–H groups in total. The summed E-state index contributed by atoms with van der Waals surface area (Å²) in [6, 6.07) is 22.2. The largest absolute Gasteiger partial charge is 0.369 e. The van der Waals surface area contributed by atoms with Gasteiger partial charge in [-0.05, 0) is 54.3 Å². The number of carbonyl (C=O) groups excluding carboxylic acids is 1. The van der Waals surface area contributed by atoms with Crippen molar-refractivity contribution in [2.75, 3.05) is 36.4 Å². The molecule has 34 heavy (non-hydrogen) atoms. The Balaban J connectivity index is 1.51. The predicted molar refractivity (Wildman–Crippen MR) is 137 cm³/mol. The van der Waals surface area contributed by atoms with Crippen molar-refractivity contribution in [2.45, 2.75) is 31.6 Å². The number of hydrogen-bond donors (Lipinski definition) is 1. The number of hydrogen-bond acceptors (Lipinski definition) is 4. The average Bonchev–Trinajstić information content (AvgIpc) is 2.85. The minimum atomic E-state index is -3.70. The van der Waals surface area contributed by atoms with Crippen molar-refractivity contribution in [1.29, 1.82) is 0 Å². The first-order valence-electron chi connectivity index (χ1n) is 11.6. The summed E-state index contributed by atoms with van der Waals surface area (Å²) < 4.78 is 28.2. The highest BCUT2D eigenvalue weighted by Crippen LogP contribution is 2.28. The number of sulfonamides is 1. The van der Waals surface area contributed by atoms with Gasteiger partial charge in [-0.3, -0.25) is 4.79 Å². The number of para-hydroxylation sites is 2. The maximum atomic E-state index is 13.3. The molecule has 0 aliphatic carbocycles. The maximum absolute atomic E-state index is 13.3. The van der Waals surface area contributed by atoms with E-state index in [1.54, 1.807) is 18.2 Å². The Kier molecular flexibility index (Phi) is 7.05. The molecule has 6 nitrogen and oxygen atoms in total. The lowest BCUT2D eigenvalue weighted by Crippen LogP contribution is -2.48. The van der Waals surface area contributed by atoms with Gasteiger partial charge in [-0.25, -0.2) is 8.42 Å². The van der Waals surface area contributed by atoms with Crippen LogP contribution in [0.25, 0.3) is 0 Å². The minimum Gasteiger partial charge on any atom is -0.369 e. The molecule has 0 spiro atoms. The number of anilines is 2. The Morgan fingerprint density at radius 2 is 1.56 bits per heavy atom. The molecule has 0 unspecified atom stereocenters. The van der Waals surface area contributed by atoms with E-state index < -0.39 is 10.0 Å². The first-order chi connectivity index (χ1) is 16.3. The second-order valence-corrected chi connectivity index (χ2v) is 10.8. The Morgan fingerprint density at radius 1 is 0.882 bits per heavy atom. The van der Waals surface area contributed by atoms with Gasteiger partial charge in [0.15, 0.2) is 0 Å². The molecule has 4 rings (SSSR count). The predicted octanol–water partition coefficient (Wildman–Crippen LogP) is 4.88. The van der Waals surface area contributed by atoms with Gasteiger partial charge < -0.3 is 10.2 Å². The third-order valence-corrected chi connectivity index (χ3v) is 8.15. The first-order valence-corrected chi connectivity index (χ1v) is 13.0. The molecule has 0 bridgehead atoms. The van der Waals surface area contributed by atoms with E-state index in [1.807, 2.05) is 55.5 Å². The zero-order valence-electron chi connectivity index (χ0n) is 19.9. The Morgan fingerprint density at radius 3 is 2.24 bits per heavy atom. The van der Waals surface area contributed by atoms with Crippen LogP contribution in [0.4, 0.5) is 11.4 Å². The average molecular weight is 478 g/mol. The van der Waals surface area contributed by atoms with Crippen molar-refractivity contribution >= 4 is 27.3 Å². The highest BCUT2D eigenvalue weighted by molar-refractivity contribution is 7.89. The van der Waals surface area contributed by atoms with Crippen LogP contribution in [0.15, 0.2) is 77.7 Å². The van der Waals surface area contributed by atoms with Gasteiger partial charge >= 0.3 is 0 Å². The highest BCUT2D eigenvalue weighted by Gasteiger charge is 2.29. The van der Waals surface area contributed by atoms with Crippen molar-refractivity contribution in [3.63, 3.8) is 0 Å². The van der Waals surface area contributed by atoms with Gasteiger partial charge in [0.25, 0.3) is 5.91 Å². The molecule has 1 saturated heterocycles. The number of amides is 1. The molecule has 1 amide bonds. The molecule has 0 radical (unpaired) electrons. The van der Waals surface area contributed by atoms with Crippen molar-refractivity contribution in [3.8, 4) is 0 Å². The Hall–Kier alpha value is -3.16. The lowest BCUT2D eigenvalue weighted by molar-refractivity contribution is 0.102. The van der Waals surface area contributed by atoms with Gasteiger partial charge in [-0.15, -0.1) is 0 Å². The molecule has 1 aliphatic rings. The normalized spacial score (nSPS) is 14.9. The zero-order chi connectivity index (χ0) is 24.3. The molecular weight excluding hydrogens is 446 g/mol. The second-order valence-electron chi connectivity index (χ2n) is 8.90. The Bertz CT molecular complexity index is 1270. The number of nitrogens with zero attached hydrogens (tertiary/aromatic N) is 2. The summed E-state index contributed by atoms with van der Waals surface area (Å²) in [5.41, 5.74) is 4.22. The summed E-state index contributed by atoms with van der Waals surface area (Å²) in [7, 11) is -3.70. The summed E-state index contributed by atoms with van der Waals surface area (Å²) in [6.07, 6.45) is 0. The first kappa shape index (κ1) is 24.0. The van der Waals surface area contributed by atoms with Crippen LogP contribution >= 0.6 is 0 Å². The topological polar surface area (TPSA) is 69.7 Å². The van der Waals surface area contributed by atoms with Gasteiger partial charge in [0, 0.05) is 43.1 Å². The number of piperazine rings is 1. The van der Waals surface area contributed by atoms with Crippen LogP contribution in [0.5, 0.6) is 0 Å². The number of aryl methyl sites for hydroxylation is 1. The number of rotatable bonds is 6. The van der Waals surface area contributed by atoms with E-state index in [2.05, 4.69) is 24.1 Å². The van der Waals surface area contributed by atoms with Crippen LogP contribution in [0, 0.1) is 6.92 Å². The molecule has 7 heteroatoms. The minimum absolute atomic E-state index is 0.141. The molecule has 1 fully saturated rings. The second kappa shape index (κ2) is 9.99. The van der Waals surface area contributed by atoms with Crippen molar-refractivity contribution in [3.05, 3.63) is 89.5 Å². The zero-order valence-corrected chi connectivity index (χ0v) is 20.7. The lowest BCUT2D eigenvalue weighted by Gasteiger charge is -2.35. The molecule has 0 aromatic heterocycles. The van der Waals surface area contributed by atoms with Gasteiger partial charge in [0.1, 0.15) is 0 Å². The summed E-state index contributed by atoms with van der Waals surface area (Å²) in [5, 5.41) is 3.00. The lowest BCUT2D eigenvalue weighted by atomic mass is 9.98. The van der Waals surface area contributed by atoms with E-state index in [0.717, 1.165) is 22.5 Å². The van der Waals surface area contributed by atoms with E-state index in [-0.39, 0.29) is 16.7 Å². The van der Waals surface area contributed by atoms with Gasteiger partial charge in [0.2, 0.25) is 10.0 Å². The van der Waals surface area contributed by atoms with Crippen LogP contribution in [0.1, 0.15) is 41.3 Å².